The molecule has 0 aliphatic carbocycles. The number of rotatable bonds is 1. The number of aldehydes is 1. The zero-order valence-corrected chi connectivity index (χ0v) is 11.5. The van der Waals surface area contributed by atoms with E-state index in [1.54, 1.807) is 0 Å². The molecule has 2 atom stereocenters. The molecule has 0 saturated carbocycles. The molecule has 1 aromatic rings. The van der Waals surface area contributed by atoms with Crippen LogP contribution in [0.5, 0.6) is 0 Å². The van der Waals surface area contributed by atoms with Crippen LogP contribution in [0.3, 0.4) is 0 Å². The standard InChI is InChI=1S/C14H17N3O3/c1-8-5-16(14(19)20)6-12-4-10-3-11(7-18)9(2)15-13(10)17(8)12/h3,7-8,12H,4-6H2,1-2H3,(H,19,20)/t8-,12-/m1/s1. The number of carboxylic acid groups (broad SMARTS) is 1. The van der Waals surface area contributed by atoms with E-state index in [2.05, 4.69) is 9.88 Å². The molecule has 0 bridgehead atoms. The zero-order valence-electron chi connectivity index (χ0n) is 11.5. The Morgan fingerprint density at radius 3 is 2.90 bits per heavy atom. The van der Waals surface area contributed by atoms with Gasteiger partial charge in [0.2, 0.25) is 0 Å². The Bertz CT molecular complexity index is 587. The van der Waals surface area contributed by atoms with Crippen molar-refractivity contribution < 1.29 is 14.7 Å². The predicted octanol–water partition coefficient (Wildman–Crippen LogP) is 1.32. The normalized spacial score (nSPS) is 24.3. The molecule has 1 saturated heterocycles. The number of carbonyl (C=O) groups excluding carboxylic acids is 1. The van der Waals surface area contributed by atoms with Crippen molar-refractivity contribution in [2.45, 2.75) is 32.4 Å². The second kappa shape index (κ2) is 4.47. The van der Waals surface area contributed by atoms with Crippen molar-refractivity contribution in [2.75, 3.05) is 18.0 Å². The minimum Gasteiger partial charge on any atom is -0.465 e. The Morgan fingerprint density at radius 1 is 1.50 bits per heavy atom. The summed E-state index contributed by atoms with van der Waals surface area (Å²) in [5.41, 5.74) is 2.39. The molecule has 106 valence electrons. The van der Waals surface area contributed by atoms with Crippen molar-refractivity contribution in [1.82, 2.24) is 9.88 Å². The maximum atomic E-state index is 11.2. The third-order valence-electron chi connectivity index (χ3n) is 4.19. The van der Waals surface area contributed by atoms with Crippen LogP contribution in [0.1, 0.15) is 28.5 Å². The molecule has 6 nitrogen and oxygen atoms in total. The van der Waals surface area contributed by atoms with E-state index in [0.717, 1.165) is 29.8 Å². The zero-order chi connectivity index (χ0) is 14.4. The monoisotopic (exact) mass is 275 g/mol. The van der Waals surface area contributed by atoms with Gasteiger partial charge in [-0.05, 0) is 31.9 Å². The SMILES string of the molecule is Cc1nc2c(cc1C=O)C[C@@H]1CN(C(=O)O)C[C@@H](C)N21. The van der Waals surface area contributed by atoms with Crippen molar-refractivity contribution in [3.8, 4) is 0 Å². The Hall–Kier alpha value is -2.11. The highest BCUT2D eigenvalue weighted by atomic mass is 16.4. The Balaban J connectivity index is 1.97. The molecule has 3 rings (SSSR count). The van der Waals surface area contributed by atoms with E-state index >= 15 is 0 Å². The van der Waals surface area contributed by atoms with Crippen LogP contribution in [0.4, 0.5) is 10.6 Å². The number of carbonyl (C=O) groups is 2. The van der Waals surface area contributed by atoms with Crippen LogP contribution in [0, 0.1) is 6.92 Å². The van der Waals surface area contributed by atoms with Gasteiger partial charge in [0.1, 0.15) is 5.82 Å². The minimum atomic E-state index is -0.870. The fraction of sp³-hybridized carbons (Fsp3) is 0.500. The number of aromatic nitrogens is 1. The first-order valence-corrected chi connectivity index (χ1v) is 6.73. The first-order chi connectivity index (χ1) is 9.51. The summed E-state index contributed by atoms with van der Waals surface area (Å²) in [6, 6.07) is 2.11. The maximum Gasteiger partial charge on any atom is 0.407 e. The van der Waals surface area contributed by atoms with Gasteiger partial charge < -0.3 is 14.9 Å². The van der Waals surface area contributed by atoms with Crippen molar-refractivity contribution in [3.63, 3.8) is 0 Å². The first-order valence-electron chi connectivity index (χ1n) is 6.73. The van der Waals surface area contributed by atoms with Gasteiger partial charge in [0, 0.05) is 24.7 Å². The lowest BCUT2D eigenvalue weighted by atomic mass is 10.1. The molecule has 3 heterocycles. The predicted molar refractivity (Wildman–Crippen MR) is 73.4 cm³/mol. The average molecular weight is 275 g/mol. The summed E-state index contributed by atoms with van der Waals surface area (Å²) in [4.78, 5) is 30.4. The average Bonchev–Trinajstić information content (AvgIpc) is 2.75. The molecule has 0 spiro atoms. The Labute approximate surface area is 117 Å². The number of hydrogen-bond donors (Lipinski definition) is 1. The molecule has 1 N–H and O–H groups in total. The van der Waals surface area contributed by atoms with E-state index in [0.29, 0.717) is 18.7 Å². The molecule has 2 aliphatic rings. The maximum absolute atomic E-state index is 11.2. The van der Waals surface area contributed by atoms with E-state index in [1.165, 1.54) is 4.90 Å². The second-order valence-electron chi connectivity index (χ2n) is 5.57. The number of anilines is 1. The van der Waals surface area contributed by atoms with Crippen LogP contribution in [0.25, 0.3) is 0 Å². The molecule has 1 fully saturated rings. The van der Waals surface area contributed by atoms with Gasteiger partial charge in [-0.25, -0.2) is 9.78 Å². The lowest BCUT2D eigenvalue weighted by Crippen LogP contribution is -2.57. The number of pyridine rings is 1. The topological polar surface area (TPSA) is 73.7 Å². The smallest absolute Gasteiger partial charge is 0.407 e. The van der Waals surface area contributed by atoms with E-state index in [9.17, 15) is 9.59 Å². The number of fused-ring (bicyclic) bond motifs is 3. The van der Waals surface area contributed by atoms with Crippen molar-refractivity contribution in [1.29, 1.82) is 0 Å². The van der Waals surface area contributed by atoms with Crippen LogP contribution < -0.4 is 4.90 Å². The minimum absolute atomic E-state index is 0.0973. The van der Waals surface area contributed by atoms with E-state index < -0.39 is 6.09 Å². The molecule has 20 heavy (non-hydrogen) atoms. The molecule has 6 heteroatoms. The van der Waals surface area contributed by atoms with Gasteiger partial charge in [-0.3, -0.25) is 4.79 Å². The highest BCUT2D eigenvalue weighted by molar-refractivity contribution is 5.78. The third kappa shape index (κ3) is 1.83. The van der Waals surface area contributed by atoms with Crippen molar-refractivity contribution in [3.05, 3.63) is 22.9 Å². The van der Waals surface area contributed by atoms with Gasteiger partial charge in [0.25, 0.3) is 0 Å². The van der Waals surface area contributed by atoms with E-state index in [-0.39, 0.29) is 12.1 Å². The Morgan fingerprint density at radius 2 is 2.25 bits per heavy atom. The number of hydrogen-bond acceptors (Lipinski definition) is 4. The van der Waals surface area contributed by atoms with Crippen LogP contribution >= 0.6 is 0 Å². The number of piperazine rings is 1. The Kier molecular flexibility index (Phi) is 2.88. The quantitative estimate of drug-likeness (QED) is 0.782. The lowest BCUT2D eigenvalue weighted by Gasteiger charge is -2.42. The van der Waals surface area contributed by atoms with Crippen molar-refractivity contribution >= 4 is 18.2 Å². The van der Waals surface area contributed by atoms with Gasteiger partial charge >= 0.3 is 6.09 Å². The lowest BCUT2D eigenvalue weighted by molar-refractivity contribution is 0.112. The third-order valence-corrected chi connectivity index (χ3v) is 4.19. The van der Waals surface area contributed by atoms with Gasteiger partial charge in [0.15, 0.2) is 6.29 Å². The van der Waals surface area contributed by atoms with Crippen LogP contribution in [-0.4, -0.2) is 52.5 Å². The number of aryl methyl sites for hydroxylation is 1. The molecule has 0 radical (unpaired) electrons. The van der Waals surface area contributed by atoms with E-state index in [1.807, 2.05) is 19.9 Å². The van der Waals surface area contributed by atoms with Crippen molar-refractivity contribution in [2.24, 2.45) is 0 Å². The van der Waals surface area contributed by atoms with Crippen LogP contribution in [0.2, 0.25) is 0 Å². The summed E-state index contributed by atoms with van der Waals surface area (Å²) in [7, 11) is 0. The summed E-state index contributed by atoms with van der Waals surface area (Å²) >= 11 is 0. The highest BCUT2D eigenvalue weighted by Gasteiger charge is 2.40. The molecule has 0 unspecified atom stereocenters. The summed E-state index contributed by atoms with van der Waals surface area (Å²) in [6.45, 7) is 4.82. The molecular weight excluding hydrogens is 258 g/mol. The molecular formula is C14H17N3O3. The fourth-order valence-electron chi connectivity index (χ4n) is 3.28. The fourth-order valence-corrected chi connectivity index (χ4v) is 3.28. The van der Waals surface area contributed by atoms with Crippen LogP contribution in [-0.2, 0) is 6.42 Å². The highest BCUT2D eigenvalue weighted by Crippen LogP contribution is 2.35. The number of amides is 1. The molecule has 1 aromatic heterocycles. The molecule has 1 amide bonds. The van der Waals surface area contributed by atoms with Gasteiger partial charge in [-0.15, -0.1) is 0 Å². The summed E-state index contributed by atoms with van der Waals surface area (Å²) < 4.78 is 0. The molecule has 0 aromatic carbocycles. The van der Waals surface area contributed by atoms with E-state index in [4.69, 9.17) is 5.11 Å². The summed E-state index contributed by atoms with van der Waals surface area (Å²) in [5.74, 6) is 0.913. The number of nitrogens with zero attached hydrogens (tertiary/aromatic N) is 3. The largest absolute Gasteiger partial charge is 0.465 e. The summed E-state index contributed by atoms with van der Waals surface area (Å²) in [5, 5.41) is 9.16. The van der Waals surface area contributed by atoms with Gasteiger partial charge in [0.05, 0.1) is 11.7 Å². The van der Waals surface area contributed by atoms with Gasteiger partial charge in [-0.1, -0.05) is 0 Å². The van der Waals surface area contributed by atoms with Gasteiger partial charge in [-0.2, -0.15) is 0 Å². The first kappa shape index (κ1) is 12.9. The molecule has 2 aliphatic heterocycles. The summed E-state index contributed by atoms with van der Waals surface area (Å²) in [6.07, 6.45) is 0.704. The second-order valence-corrected chi connectivity index (χ2v) is 5.57. The van der Waals surface area contributed by atoms with Crippen LogP contribution in [0.15, 0.2) is 6.07 Å².